The third-order valence-corrected chi connectivity index (χ3v) is 4.96. The summed E-state index contributed by atoms with van der Waals surface area (Å²) >= 11 is 6.18. The Morgan fingerprint density at radius 3 is 2.15 bits per heavy atom. The molecule has 3 aromatic rings. The number of carboxylic acids is 1. The molecule has 1 amide bonds. The Labute approximate surface area is 195 Å². The van der Waals surface area contributed by atoms with Gasteiger partial charge in [-0.05, 0) is 28.8 Å². The van der Waals surface area contributed by atoms with E-state index in [1.165, 1.54) is 25.5 Å². The third-order valence-electron chi connectivity index (χ3n) is 4.68. The van der Waals surface area contributed by atoms with Crippen LogP contribution in [0.2, 0.25) is 5.02 Å². The Kier molecular flexibility index (Phi) is 7.66. The minimum Gasteiger partial charge on any atom is -0.493 e. The van der Waals surface area contributed by atoms with E-state index in [9.17, 15) is 14.7 Å². The molecule has 3 aromatic carbocycles. The molecule has 0 aliphatic heterocycles. The summed E-state index contributed by atoms with van der Waals surface area (Å²) in [6, 6.07) is 20.0. The first-order chi connectivity index (χ1) is 15.9. The van der Waals surface area contributed by atoms with Crippen molar-refractivity contribution < 1.29 is 29.3 Å². The number of hydrogen-bond donors (Lipinski definition) is 3. The molecule has 8 nitrogen and oxygen atoms in total. The van der Waals surface area contributed by atoms with Gasteiger partial charge in [-0.2, -0.15) is 5.10 Å². The SMILES string of the molecule is COc1cc(/C=N\NC(=O)C(O)(c2ccccc2)c2ccccc2)cc(Cl)c1OCC(=O)O. The highest BCUT2D eigenvalue weighted by molar-refractivity contribution is 6.32. The first-order valence-corrected chi connectivity index (χ1v) is 10.1. The van der Waals surface area contributed by atoms with Crippen LogP contribution in [0.3, 0.4) is 0 Å². The third kappa shape index (κ3) is 5.49. The van der Waals surface area contributed by atoms with Crippen LogP contribution in [0.4, 0.5) is 0 Å². The number of carbonyl (C=O) groups is 2. The van der Waals surface area contributed by atoms with Crippen LogP contribution in [0, 0.1) is 0 Å². The van der Waals surface area contributed by atoms with Crippen molar-refractivity contribution in [3.8, 4) is 11.5 Å². The van der Waals surface area contributed by atoms with E-state index in [0.29, 0.717) is 16.7 Å². The van der Waals surface area contributed by atoms with Crippen LogP contribution in [0.5, 0.6) is 11.5 Å². The summed E-state index contributed by atoms with van der Waals surface area (Å²) in [7, 11) is 1.38. The number of carbonyl (C=O) groups excluding carboxylic acids is 1. The number of halogens is 1. The van der Waals surface area contributed by atoms with Crippen molar-refractivity contribution in [3.05, 3.63) is 94.5 Å². The number of amides is 1. The Morgan fingerprint density at radius 1 is 1.06 bits per heavy atom. The topological polar surface area (TPSA) is 117 Å². The van der Waals surface area contributed by atoms with Crippen LogP contribution < -0.4 is 14.9 Å². The number of rotatable bonds is 9. The summed E-state index contributed by atoms with van der Waals surface area (Å²) in [5, 5.41) is 24.2. The van der Waals surface area contributed by atoms with Gasteiger partial charge in [0, 0.05) is 0 Å². The number of nitrogens with one attached hydrogen (secondary N) is 1. The second-order valence-electron chi connectivity index (χ2n) is 6.86. The molecule has 0 unspecified atom stereocenters. The molecule has 0 aliphatic carbocycles. The average Bonchev–Trinajstić information content (AvgIpc) is 2.83. The molecule has 170 valence electrons. The summed E-state index contributed by atoms with van der Waals surface area (Å²) in [5.74, 6) is -1.65. The van der Waals surface area contributed by atoms with E-state index in [1.807, 2.05) is 0 Å². The van der Waals surface area contributed by atoms with Gasteiger partial charge in [-0.25, -0.2) is 10.2 Å². The molecule has 33 heavy (non-hydrogen) atoms. The lowest BCUT2D eigenvalue weighted by Crippen LogP contribution is -2.43. The van der Waals surface area contributed by atoms with Gasteiger partial charge in [0.15, 0.2) is 23.7 Å². The van der Waals surface area contributed by atoms with E-state index in [0.717, 1.165) is 0 Å². The molecule has 0 spiro atoms. The molecule has 0 fully saturated rings. The van der Waals surface area contributed by atoms with Crippen molar-refractivity contribution in [1.82, 2.24) is 5.43 Å². The lowest BCUT2D eigenvalue weighted by molar-refractivity contribution is -0.139. The van der Waals surface area contributed by atoms with Gasteiger partial charge < -0.3 is 19.7 Å². The van der Waals surface area contributed by atoms with Crippen molar-refractivity contribution in [1.29, 1.82) is 0 Å². The molecule has 9 heteroatoms. The van der Waals surface area contributed by atoms with Crippen LogP contribution in [-0.2, 0) is 15.2 Å². The second-order valence-corrected chi connectivity index (χ2v) is 7.27. The zero-order valence-corrected chi connectivity index (χ0v) is 18.3. The number of hydrazone groups is 1. The predicted molar refractivity (Wildman–Crippen MR) is 123 cm³/mol. The smallest absolute Gasteiger partial charge is 0.341 e. The van der Waals surface area contributed by atoms with Gasteiger partial charge in [0.1, 0.15) is 0 Å². The summed E-state index contributed by atoms with van der Waals surface area (Å²) in [5.41, 5.74) is 1.61. The van der Waals surface area contributed by atoms with Crippen molar-refractivity contribution in [3.63, 3.8) is 0 Å². The van der Waals surface area contributed by atoms with E-state index in [-0.39, 0.29) is 16.5 Å². The molecule has 0 bridgehead atoms. The fourth-order valence-corrected chi connectivity index (χ4v) is 3.40. The zero-order chi connectivity index (χ0) is 23.8. The number of carboxylic acid groups (broad SMARTS) is 1. The van der Waals surface area contributed by atoms with Crippen LogP contribution in [-0.4, -0.2) is 42.0 Å². The van der Waals surface area contributed by atoms with E-state index < -0.39 is 24.1 Å². The monoisotopic (exact) mass is 468 g/mol. The number of nitrogens with zero attached hydrogens (tertiary/aromatic N) is 1. The van der Waals surface area contributed by atoms with E-state index in [2.05, 4.69) is 10.5 Å². The molecule has 3 N–H and O–H groups in total. The van der Waals surface area contributed by atoms with Crippen LogP contribution in [0.1, 0.15) is 16.7 Å². The number of ether oxygens (including phenoxy) is 2. The number of aliphatic hydroxyl groups is 1. The summed E-state index contributed by atoms with van der Waals surface area (Å²) in [6.45, 7) is -0.586. The minimum atomic E-state index is -1.97. The van der Waals surface area contributed by atoms with Crippen LogP contribution in [0.15, 0.2) is 77.9 Å². The molecule has 0 heterocycles. The van der Waals surface area contributed by atoms with Gasteiger partial charge in [0.25, 0.3) is 5.91 Å². The minimum absolute atomic E-state index is 0.0743. The maximum Gasteiger partial charge on any atom is 0.341 e. The Balaban J connectivity index is 1.84. The fourth-order valence-electron chi connectivity index (χ4n) is 3.12. The Bertz CT molecular complexity index is 1110. The maximum absolute atomic E-state index is 13.0. The molecule has 0 saturated carbocycles. The number of methoxy groups -OCH3 is 1. The first-order valence-electron chi connectivity index (χ1n) is 9.75. The van der Waals surface area contributed by atoms with Crippen molar-refractivity contribution in [2.45, 2.75) is 5.60 Å². The van der Waals surface area contributed by atoms with Gasteiger partial charge in [-0.1, -0.05) is 72.3 Å². The van der Waals surface area contributed by atoms with E-state index >= 15 is 0 Å². The van der Waals surface area contributed by atoms with Gasteiger partial charge in [-0.15, -0.1) is 0 Å². The van der Waals surface area contributed by atoms with Gasteiger partial charge in [0.05, 0.1) is 18.3 Å². The zero-order valence-electron chi connectivity index (χ0n) is 17.6. The van der Waals surface area contributed by atoms with Gasteiger partial charge in [0.2, 0.25) is 0 Å². The second kappa shape index (κ2) is 10.6. The lowest BCUT2D eigenvalue weighted by atomic mass is 9.85. The summed E-state index contributed by atoms with van der Waals surface area (Å²) in [6.07, 6.45) is 1.31. The van der Waals surface area contributed by atoms with Crippen LogP contribution >= 0.6 is 11.6 Å². The van der Waals surface area contributed by atoms with E-state index in [1.54, 1.807) is 60.7 Å². The number of hydrogen-bond acceptors (Lipinski definition) is 6. The molecular formula is C24H21ClN2O6. The van der Waals surface area contributed by atoms with Crippen LogP contribution in [0.25, 0.3) is 0 Å². The molecule has 0 radical (unpaired) electrons. The van der Waals surface area contributed by atoms with Crippen molar-refractivity contribution >= 4 is 29.7 Å². The molecule has 0 saturated heterocycles. The predicted octanol–water partition coefficient (Wildman–Crippen LogP) is 3.20. The molecule has 3 rings (SSSR count). The Hall–Kier alpha value is -3.88. The quantitative estimate of drug-likeness (QED) is 0.328. The molecule has 0 atom stereocenters. The summed E-state index contributed by atoms with van der Waals surface area (Å²) < 4.78 is 10.4. The standard InChI is InChI=1S/C24H21ClN2O6/c1-32-20-13-16(12-19(25)22(20)33-15-21(28)29)14-26-27-23(30)24(31,17-8-4-2-5-9-17)18-10-6-3-7-11-18/h2-14,31H,15H2,1H3,(H,27,30)(H,28,29)/b26-14-. The van der Waals surface area contributed by atoms with Gasteiger partial charge in [-0.3, -0.25) is 4.79 Å². The lowest BCUT2D eigenvalue weighted by Gasteiger charge is -2.27. The van der Waals surface area contributed by atoms with Crippen molar-refractivity contribution in [2.24, 2.45) is 5.10 Å². The first kappa shape index (κ1) is 23.8. The molecule has 0 aromatic heterocycles. The molecule has 0 aliphatic rings. The summed E-state index contributed by atoms with van der Waals surface area (Å²) in [4.78, 5) is 23.8. The highest BCUT2D eigenvalue weighted by Crippen LogP contribution is 2.36. The Morgan fingerprint density at radius 2 is 1.64 bits per heavy atom. The number of aliphatic carboxylic acids is 1. The normalized spacial score (nSPS) is 11.2. The molecular weight excluding hydrogens is 448 g/mol. The largest absolute Gasteiger partial charge is 0.493 e. The highest BCUT2D eigenvalue weighted by atomic mass is 35.5. The van der Waals surface area contributed by atoms with Crippen molar-refractivity contribution in [2.75, 3.05) is 13.7 Å². The van der Waals surface area contributed by atoms with E-state index in [4.69, 9.17) is 26.2 Å². The number of benzene rings is 3. The fraction of sp³-hybridized carbons (Fsp3) is 0.125. The average molecular weight is 469 g/mol. The van der Waals surface area contributed by atoms with Gasteiger partial charge >= 0.3 is 5.97 Å². The maximum atomic E-state index is 13.0. The highest BCUT2D eigenvalue weighted by Gasteiger charge is 2.39.